The largest absolute Gasteiger partial charge is 0.337 e. The van der Waals surface area contributed by atoms with Crippen LogP contribution in [0.25, 0.3) is 0 Å². The first-order valence-electron chi connectivity index (χ1n) is 11.2. The van der Waals surface area contributed by atoms with Gasteiger partial charge < -0.3 is 4.90 Å². The maximum Gasteiger partial charge on any atom is 0.243 e. The maximum absolute atomic E-state index is 13.6. The highest BCUT2D eigenvalue weighted by molar-refractivity contribution is 7.89. The van der Waals surface area contributed by atoms with Crippen molar-refractivity contribution in [2.75, 3.05) is 13.1 Å². The Kier molecular flexibility index (Phi) is 5.92. The van der Waals surface area contributed by atoms with Crippen LogP contribution in [0, 0.1) is 11.7 Å². The number of halogens is 1. The highest BCUT2D eigenvalue weighted by Crippen LogP contribution is 2.39. The van der Waals surface area contributed by atoms with Crippen LogP contribution in [0.3, 0.4) is 0 Å². The molecular formula is C25H31FN2O3S. The Morgan fingerprint density at radius 2 is 1.84 bits per heavy atom. The zero-order valence-corrected chi connectivity index (χ0v) is 20.0. The van der Waals surface area contributed by atoms with Crippen molar-refractivity contribution in [3.8, 4) is 0 Å². The molecule has 1 amide bonds. The minimum Gasteiger partial charge on any atom is -0.337 e. The third-order valence-corrected chi connectivity index (χ3v) is 8.74. The van der Waals surface area contributed by atoms with Crippen molar-refractivity contribution in [1.29, 1.82) is 0 Å². The van der Waals surface area contributed by atoms with Gasteiger partial charge in [-0.1, -0.05) is 39.0 Å². The molecule has 0 radical (unpaired) electrons. The standard InChI is InChI=1S/C25H31FN2O3S/c1-5-28(17(2)18-8-11-21(26)12-9-18)32(30,31)22-13-10-20-15-27(24(29)19-6-7-19)16-25(3,4)23(20)14-22/h8-14,17,19H,5-7,15-16H2,1-4H3/t17-/m0/s1. The predicted octanol–water partition coefficient (Wildman–Crippen LogP) is 4.63. The molecule has 0 spiro atoms. The van der Waals surface area contributed by atoms with Crippen LogP contribution in [0.5, 0.6) is 0 Å². The second kappa shape index (κ2) is 8.27. The molecule has 1 heterocycles. The highest BCUT2D eigenvalue weighted by atomic mass is 32.2. The molecule has 2 aromatic rings. The van der Waals surface area contributed by atoms with Crippen LogP contribution in [0.2, 0.25) is 0 Å². The molecule has 1 aliphatic carbocycles. The van der Waals surface area contributed by atoms with Crippen molar-refractivity contribution in [3.05, 3.63) is 65.0 Å². The van der Waals surface area contributed by atoms with Gasteiger partial charge in [-0.2, -0.15) is 4.31 Å². The van der Waals surface area contributed by atoms with Gasteiger partial charge in [-0.3, -0.25) is 4.79 Å². The van der Waals surface area contributed by atoms with E-state index in [-0.39, 0.29) is 28.0 Å². The summed E-state index contributed by atoms with van der Waals surface area (Å²) in [6.45, 7) is 9.16. The Balaban J connectivity index is 1.66. The Bertz CT molecular complexity index is 1120. The second-order valence-corrected chi connectivity index (χ2v) is 11.5. The molecule has 1 aliphatic heterocycles. The zero-order valence-electron chi connectivity index (χ0n) is 19.1. The fourth-order valence-corrected chi connectivity index (χ4v) is 6.40. The summed E-state index contributed by atoms with van der Waals surface area (Å²) >= 11 is 0. The smallest absolute Gasteiger partial charge is 0.243 e. The normalized spacial score (nSPS) is 19.0. The first-order chi connectivity index (χ1) is 15.0. The minimum atomic E-state index is -3.77. The molecule has 0 bridgehead atoms. The minimum absolute atomic E-state index is 0.165. The van der Waals surface area contributed by atoms with E-state index >= 15 is 0 Å². The van der Waals surface area contributed by atoms with Crippen LogP contribution in [-0.2, 0) is 26.8 Å². The summed E-state index contributed by atoms with van der Waals surface area (Å²) in [5.41, 5.74) is 2.38. The van der Waals surface area contributed by atoms with Crippen LogP contribution >= 0.6 is 0 Å². The molecule has 0 N–H and O–H groups in total. The molecule has 172 valence electrons. The van der Waals surface area contributed by atoms with Crippen molar-refractivity contribution in [1.82, 2.24) is 9.21 Å². The van der Waals surface area contributed by atoms with E-state index in [1.807, 2.05) is 17.9 Å². The van der Waals surface area contributed by atoms with Gasteiger partial charge in [0.2, 0.25) is 15.9 Å². The lowest BCUT2D eigenvalue weighted by atomic mass is 9.78. The number of hydrogen-bond acceptors (Lipinski definition) is 3. The molecule has 0 saturated heterocycles. The molecule has 1 atom stereocenters. The molecule has 4 rings (SSSR count). The Morgan fingerprint density at radius 1 is 1.19 bits per heavy atom. The first-order valence-corrected chi connectivity index (χ1v) is 12.7. The van der Waals surface area contributed by atoms with Crippen molar-refractivity contribution in [2.24, 2.45) is 5.92 Å². The zero-order chi connectivity index (χ0) is 23.3. The summed E-state index contributed by atoms with van der Waals surface area (Å²) < 4.78 is 42.0. The van der Waals surface area contributed by atoms with E-state index in [2.05, 4.69) is 13.8 Å². The van der Waals surface area contributed by atoms with Gasteiger partial charge >= 0.3 is 0 Å². The lowest BCUT2D eigenvalue weighted by Gasteiger charge is -2.40. The van der Waals surface area contributed by atoms with Gasteiger partial charge in [0.25, 0.3) is 0 Å². The Morgan fingerprint density at radius 3 is 2.44 bits per heavy atom. The number of sulfonamides is 1. The molecular weight excluding hydrogens is 427 g/mol. The SMILES string of the molecule is CCN([C@@H](C)c1ccc(F)cc1)S(=O)(=O)c1ccc2c(c1)C(C)(C)CN(C(=O)C1CC1)C2. The lowest BCUT2D eigenvalue weighted by Crippen LogP contribution is -2.45. The topological polar surface area (TPSA) is 57.7 Å². The summed E-state index contributed by atoms with van der Waals surface area (Å²) in [6, 6.07) is 10.8. The maximum atomic E-state index is 13.6. The number of rotatable bonds is 6. The number of carbonyl (C=O) groups is 1. The molecule has 0 unspecified atom stereocenters. The number of fused-ring (bicyclic) bond motifs is 1. The molecule has 2 aromatic carbocycles. The van der Waals surface area contributed by atoms with Crippen LogP contribution in [0.4, 0.5) is 4.39 Å². The van der Waals surface area contributed by atoms with Crippen LogP contribution in [0.15, 0.2) is 47.4 Å². The molecule has 1 saturated carbocycles. The molecule has 1 fully saturated rings. The van der Waals surface area contributed by atoms with Gasteiger partial charge in [-0.05, 0) is 60.7 Å². The number of amides is 1. The van der Waals surface area contributed by atoms with Crippen molar-refractivity contribution < 1.29 is 17.6 Å². The van der Waals surface area contributed by atoms with Gasteiger partial charge in [-0.25, -0.2) is 12.8 Å². The van der Waals surface area contributed by atoms with Gasteiger partial charge in [-0.15, -0.1) is 0 Å². The van der Waals surface area contributed by atoms with Crippen molar-refractivity contribution >= 4 is 15.9 Å². The van der Waals surface area contributed by atoms with Crippen LogP contribution < -0.4 is 0 Å². The van der Waals surface area contributed by atoms with Gasteiger partial charge in [0.1, 0.15) is 5.82 Å². The summed E-state index contributed by atoms with van der Waals surface area (Å²) in [4.78, 5) is 14.8. The van der Waals surface area contributed by atoms with E-state index in [1.54, 1.807) is 31.2 Å². The Labute approximate surface area is 190 Å². The first kappa shape index (κ1) is 22.9. The van der Waals surface area contributed by atoms with Gasteiger partial charge in [0, 0.05) is 37.0 Å². The summed E-state index contributed by atoms with van der Waals surface area (Å²) in [5.74, 6) is 0.0294. The molecule has 2 aliphatic rings. The van der Waals surface area contributed by atoms with Gasteiger partial charge in [0.15, 0.2) is 0 Å². The third-order valence-electron chi connectivity index (χ3n) is 6.70. The van der Waals surface area contributed by atoms with E-state index < -0.39 is 16.1 Å². The van der Waals surface area contributed by atoms with E-state index in [0.717, 1.165) is 29.5 Å². The number of hydrogen-bond donors (Lipinski definition) is 0. The molecule has 0 aromatic heterocycles. The third kappa shape index (κ3) is 4.20. The van der Waals surface area contributed by atoms with E-state index in [0.29, 0.717) is 19.6 Å². The number of benzene rings is 2. The quantitative estimate of drug-likeness (QED) is 0.634. The van der Waals surface area contributed by atoms with Crippen LogP contribution in [0.1, 0.15) is 63.3 Å². The van der Waals surface area contributed by atoms with Crippen molar-refractivity contribution in [3.63, 3.8) is 0 Å². The monoisotopic (exact) mass is 458 g/mol. The van der Waals surface area contributed by atoms with E-state index in [9.17, 15) is 17.6 Å². The molecule has 32 heavy (non-hydrogen) atoms. The number of carbonyl (C=O) groups excluding carboxylic acids is 1. The fourth-order valence-electron chi connectivity index (χ4n) is 4.75. The molecule has 5 nitrogen and oxygen atoms in total. The van der Waals surface area contributed by atoms with Crippen molar-refractivity contribution in [2.45, 2.75) is 63.4 Å². The average Bonchev–Trinajstić information content (AvgIpc) is 3.58. The summed E-state index contributed by atoms with van der Waals surface area (Å²) in [7, 11) is -3.77. The predicted molar refractivity (Wildman–Crippen MR) is 122 cm³/mol. The highest BCUT2D eigenvalue weighted by Gasteiger charge is 2.40. The number of nitrogens with zero attached hydrogens (tertiary/aromatic N) is 2. The summed E-state index contributed by atoms with van der Waals surface area (Å²) in [5, 5.41) is 0. The van der Waals surface area contributed by atoms with Crippen LogP contribution in [-0.4, -0.2) is 36.6 Å². The summed E-state index contributed by atoms with van der Waals surface area (Å²) in [6.07, 6.45) is 1.94. The fraction of sp³-hybridized carbons (Fsp3) is 0.480. The Hall–Kier alpha value is -2.25. The average molecular weight is 459 g/mol. The molecule has 7 heteroatoms. The van der Waals surface area contributed by atoms with E-state index in [4.69, 9.17) is 0 Å². The second-order valence-electron chi connectivity index (χ2n) is 9.61. The lowest BCUT2D eigenvalue weighted by molar-refractivity contribution is -0.134. The van der Waals surface area contributed by atoms with Gasteiger partial charge in [0.05, 0.1) is 4.90 Å². The van der Waals surface area contributed by atoms with E-state index in [1.165, 1.54) is 16.4 Å².